The molecular weight excluding hydrogens is 332 g/mol. The van der Waals surface area contributed by atoms with Crippen LogP contribution < -0.4 is 5.32 Å². The first-order valence-corrected chi connectivity index (χ1v) is 8.48. The van der Waals surface area contributed by atoms with Crippen LogP contribution in [-0.4, -0.2) is 18.0 Å². The number of benzene rings is 2. The number of esters is 1. The van der Waals surface area contributed by atoms with Crippen LogP contribution in [0.1, 0.15) is 39.9 Å². The molecule has 1 heterocycles. The van der Waals surface area contributed by atoms with Gasteiger partial charge in [0.05, 0.1) is 23.6 Å². The van der Waals surface area contributed by atoms with Crippen LogP contribution in [0.5, 0.6) is 0 Å². The second kappa shape index (κ2) is 6.29. The maximum absolute atomic E-state index is 11.6. The molecule has 1 aliphatic carbocycles. The zero-order valence-electron chi connectivity index (χ0n) is 14.2. The summed E-state index contributed by atoms with van der Waals surface area (Å²) >= 11 is 0. The van der Waals surface area contributed by atoms with Crippen molar-refractivity contribution < 1.29 is 14.5 Å². The van der Waals surface area contributed by atoms with Crippen LogP contribution in [0.3, 0.4) is 0 Å². The highest BCUT2D eigenvalue weighted by molar-refractivity contribution is 5.89. The van der Waals surface area contributed by atoms with E-state index in [2.05, 4.69) is 17.5 Å². The molecule has 1 N–H and O–H groups in total. The molecule has 4 rings (SSSR count). The number of nitrogens with one attached hydrogen (secondary N) is 1. The molecule has 0 bridgehead atoms. The van der Waals surface area contributed by atoms with Crippen molar-refractivity contribution in [2.24, 2.45) is 5.92 Å². The Morgan fingerprint density at radius 3 is 2.69 bits per heavy atom. The largest absolute Gasteiger partial charge is 0.465 e. The fraction of sp³-hybridized carbons (Fsp3) is 0.250. The number of hydrogen-bond donors (Lipinski definition) is 1. The number of anilines is 1. The van der Waals surface area contributed by atoms with Crippen LogP contribution in [-0.2, 0) is 4.74 Å². The number of hydrogen-bond acceptors (Lipinski definition) is 5. The van der Waals surface area contributed by atoms with Gasteiger partial charge in [0.1, 0.15) is 0 Å². The van der Waals surface area contributed by atoms with E-state index in [4.69, 9.17) is 4.74 Å². The topological polar surface area (TPSA) is 81.5 Å². The summed E-state index contributed by atoms with van der Waals surface area (Å²) in [5.74, 6) is 0.0798. The Kier molecular flexibility index (Phi) is 3.95. The summed E-state index contributed by atoms with van der Waals surface area (Å²) in [7, 11) is 1.36. The van der Waals surface area contributed by atoms with Gasteiger partial charge < -0.3 is 10.1 Å². The molecule has 0 fully saturated rings. The number of rotatable bonds is 3. The molecule has 6 heteroatoms. The summed E-state index contributed by atoms with van der Waals surface area (Å²) in [6, 6.07) is 12.5. The van der Waals surface area contributed by atoms with Crippen LogP contribution in [0.4, 0.5) is 11.4 Å². The smallest absolute Gasteiger partial charge is 0.337 e. The molecule has 3 atom stereocenters. The van der Waals surface area contributed by atoms with Gasteiger partial charge in [0.2, 0.25) is 0 Å². The number of nitrogens with zero attached hydrogens (tertiary/aromatic N) is 1. The molecule has 0 aromatic heterocycles. The van der Waals surface area contributed by atoms with Crippen molar-refractivity contribution in [3.05, 3.63) is 81.4 Å². The highest BCUT2D eigenvalue weighted by Crippen LogP contribution is 2.50. The van der Waals surface area contributed by atoms with Crippen LogP contribution in [0.25, 0.3) is 0 Å². The Balaban J connectivity index is 1.69. The third-order valence-electron chi connectivity index (χ3n) is 5.25. The molecule has 2 aromatic rings. The van der Waals surface area contributed by atoms with Crippen LogP contribution in [0.2, 0.25) is 0 Å². The normalized spacial score (nSPS) is 22.9. The van der Waals surface area contributed by atoms with Crippen molar-refractivity contribution in [2.75, 3.05) is 12.4 Å². The molecule has 0 saturated carbocycles. The van der Waals surface area contributed by atoms with Crippen LogP contribution in [0.15, 0.2) is 54.6 Å². The minimum Gasteiger partial charge on any atom is -0.465 e. The maximum atomic E-state index is 11.6. The number of carbonyl (C=O) groups excluding carboxylic acids is 1. The van der Waals surface area contributed by atoms with Crippen molar-refractivity contribution >= 4 is 17.3 Å². The van der Waals surface area contributed by atoms with Gasteiger partial charge in [-0.05, 0) is 41.7 Å². The Labute approximate surface area is 150 Å². The van der Waals surface area contributed by atoms with E-state index >= 15 is 0 Å². The van der Waals surface area contributed by atoms with E-state index in [1.165, 1.54) is 13.2 Å². The van der Waals surface area contributed by atoms with Gasteiger partial charge in [-0.15, -0.1) is 0 Å². The molecular formula is C20H18N2O4. The maximum Gasteiger partial charge on any atom is 0.337 e. The number of ether oxygens (including phenoxy) is 1. The molecule has 2 aliphatic rings. The van der Waals surface area contributed by atoms with Gasteiger partial charge in [-0.1, -0.05) is 24.3 Å². The quantitative estimate of drug-likeness (QED) is 0.388. The zero-order chi connectivity index (χ0) is 18.3. The van der Waals surface area contributed by atoms with E-state index in [0.29, 0.717) is 5.56 Å². The molecule has 0 amide bonds. The lowest BCUT2D eigenvalue weighted by Crippen LogP contribution is -2.29. The Morgan fingerprint density at radius 1 is 1.23 bits per heavy atom. The average Bonchev–Trinajstić information content (AvgIpc) is 3.16. The summed E-state index contributed by atoms with van der Waals surface area (Å²) < 4.78 is 4.75. The number of non-ortho nitro benzene ring substituents is 1. The monoisotopic (exact) mass is 350 g/mol. The van der Waals surface area contributed by atoms with Crippen molar-refractivity contribution in [2.45, 2.75) is 18.4 Å². The minimum atomic E-state index is -0.356. The fourth-order valence-electron chi connectivity index (χ4n) is 3.97. The molecule has 1 aliphatic heterocycles. The summed E-state index contributed by atoms with van der Waals surface area (Å²) in [6.07, 6.45) is 5.19. The van der Waals surface area contributed by atoms with E-state index in [9.17, 15) is 14.9 Å². The third kappa shape index (κ3) is 2.63. The molecule has 0 unspecified atom stereocenters. The summed E-state index contributed by atoms with van der Waals surface area (Å²) in [5, 5.41) is 14.6. The number of fused-ring (bicyclic) bond motifs is 3. The van der Waals surface area contributed by atoms with Gasteiger partial charge in [-0.2, -0.15) is 0 Å². The molecule has 26 heavy (non-hydrogen) atoms. The SMILES string of the molecule is COC(=O)c1ccc([C@@H]2Nc3ccc([N+](=O)[O-])cc3[C@@H]3C=CC[C@H]32)cc1. The van der Waals surface area contributed by atoms with Gasteiger partial charge in [0.15, 0.2) is 0 Å². The number of nitro groups is 1. The van der Waals surface area contributed by atoms with Crippen molar-refractivity contribution in [3.63, 3.8) is 0 Å². The lowest BCUT2D eigenvalue weighted by atomic mass is 9.77. The van der Waals surface area contributed by atoms with Crippen molar-refractivity contribution in [3.8, 4) is 0 Å². The van der Waals surface area contributed by atoms with Crippen molar-refractivity contribution in [1.29, 1.82) is 0 Å². The number of carbonyl (C=O) groups is 1. The van der Waals surface area contributed by atoms with Gasteiger partial charge in [-0.25, -0.2) is 4.79 Å². The number of allylic oxidation sites excluding steroid dienone is 2. The van der Waals surface area contributed by atoms with E-state index in [0.717, 1.165) is 23.2 Å². The second-order valence-corrected chi connectivity index (χ2v) is 6.62. The summed E-state index contributed by atoms with van der Waals surface area (Å²) in [5.41, 5.74) is 3.61. The standard InChI is InChI=1S/C20H18N2O4/c1-26-20(23)13-7-5-12(6-8-13)19-16-4-2-3-15(16)17-11-14(22(24)25)9-10-18(17)21-19/h2-3,5-11,15-16,19,21H,4H2,1H3/t15-,16-,19+/m1/s1. The minimum absolute atomic E-state index is 0.0793. The molecule has 2 aromatic carbocycles. The second-order valence-electron chi connectivity index (χ2n) is 6.62. The van der Waals surface area contributed by atoms with E-state index in [-0.39, 0.29) is 34.5 Å². The Hall–Kier alpha value is -3.15. The predicted molar refractivity (Wildman–Crippen MR) is 97.2 cm³/mol. The van der Waals surface area contributed by atoms with E-state index in [1.54, 1.807) is 24.3 Å². The third-order valence-corrected chi connectivity index (χ3v) is 5.25. The van der Waals surface area contributed by atoms with Crippen LogP contribution >= 0.6 is 0 Å². The number of nitro benzene ring substituents is 1. The highest BCUT2D eigenvalue weighted by atomic mass is 16.6. The fourth-order valence-corrected chi connectivity index (χ4v) is 3.97. The van der Waals surface area contributed by atoms with Gasteiger partial charge in [0, 0.05) is 23.7 Å². The first-order chi connectivity index (χ1) is 12.6. The van der Waals surface area contributed by atoms with Crippen molar-refractivity contribution in [1.82, 2.24) is 0 Å². The molecule has 132 valence electrons. The van der Waals surface area contributed by atoms with E-state index in [1.807, 2.05) is 12.1 Å². The van der Waals surface area contributed by atoms with Gasteiger partial charge in [0.25, 0.3) is 5.69 Å². The predicted octanol–water partition coefficient (Wildman–Crippen LogP) is 4.21. The average molecular weight is 350 g/mol. The van der Waals surface area contributed by atoms with Gasteiger partial charge >= 0.3 is 5.97 Å². The summed E-state index contributed by atoms with van der Waals surface area (Å²) in [6.45, 7) is 0. The van der Waals surface area contributed by atoms with Crippen LogP contribution in [0, 0.1) is 16.0 Å². The van der Waals surface area contributed by atoms with Gasteiger partial charge in [-0.3, -0.25) is 10.1 Å². The molecule has 0 radical (unpaired) electrons. The molecule has 6 nitrogen and oxygen atoms in total. The first-order valence-electron chi connectivity index (χ1n) is 8.48. The van der Waals surface area contributed by atoms with E-state index < -0.39 is 0 Å². The molecule has 0 saturated heterocycles. The lowest BCUT2D eigenvalue weighted by Gasteiger charge is -2.37. The Bertz CT molecular complexity index is 905. The Morgan fingerprint density at radius 2 is 2.00 bits per heavy atom. The summed E-state index contributed by atoms with van der Waals surface area (Å²) in [4.78, 5) is 22.4. The first kappa shape index (κ1) is 16.3. The molecule has 0 spiro atoms. The lowest BCUT2D eigenvalue weighted by molar-refractivity contribution is -0.384. The zero-order valence-corrected chi connectivity index (χ0v) is 14.2. The highest BCUT2D eigenvalue weighted by Gasteiger charge is 2.38. The number of methoxy groups -OCH3 is 1.